The van der Waals surface area contributed by atoms with Crippen LogP contribution in [-0.2, 0) is 16.1 Å². The van der Waals surface area contributed by atoms with Gasteiger partial charge in [-0.25, -0.2) is 4.79 Å². The van der Waals surface area contributed by atoms with Crippen LogP contribution < -0.4 is 0 Å². The molecule has 2 amide bonds. The molecule has 2 aliphatic heterocycles. The van der Waals surface area contributed by atoms with Crippen LogP contribution >= 0.6 is 0 Å². The maximum Gasteiger partial charge on any atom is 0.407 e. The van der Waals surface area contributed by atoms with E-state index in [9.17, 15) is 14.7 Å². The number of piperidine rings is 1. The first-order valence-corrected chi connectivity index (χ1v) is 12.1. The molecule has 0 aliphatic carbocycles. The third-order valence-electron chi connectivity index (χ3n) is 7.27. The first kappa shape index (κ1) is 22.5. The highest BCUT2D eigenvalue weighted by molar-refractivity contribution is 5.83. The number of carboxylic acid groups (broad SMARTS) is 1. The Hall–Kier alpha value is -3.32. The molecular formula is C27H31N3O4. The van der Waals surface area contributed by atoms with Crippen molar-refractivity contribution in [2.75, 3.05) is 19.6 Å². The molecule has 0 saturated carbocycles. The number of nitrogens with one attached hydrogen (secondary N) is 1. The number of nitrogens with zero attached hydrogens (tertiary/aromatic N) is 2. The van der Waals surface area contributed by atoms with Crippen LogP contribution in [-0.4, -0.2) is 63.7 Å². The minimum atomic E-state index is -0.985. The lowest BCUT2D eigenvalue weighted by Crippen LogP contribution is -2.42. The number of hydrogen-bond acceptors (Lipinski definition) is 3. The van der Waals surface area contributed by atoms with Crippen molar-refractivity contribution in [1.29, 1.82) is 0 Å². The summed E-state index contributed by atoms with van der Waals surface area (Å²) < 4.78 is 5.98. The lowest BCUT2D eigenvalue weighted by atomic mass is 9.89. The van der Waals surface area contributed by atoms with Crippen LogP contribution in [0.1, 0.15) is 42.7 Å². The van der Waals surface area contributed by atoms with Crippen LogP contribution in [0.4, 0.5) is 4.79 Å². The highest BCUT2D eigenvalue weighted by Gasteiger charge is 2.38. The van der Waals surface area contributed by atoms with Crippen molar-refractivity contribution >= 4 is 22.9 Å². The van der Waals surface area contributed by atoms with E-state index in [1.165, 1.54) is 15.8 Å². The summed E-state index contributed by atoms with van der Waals surface area (Å²) in [5, 5.41) is 10.9. The maximum atomic E-state index is 13.1. The van der Waals surface area contributed by atoms with Gasteiger partial charge in [-0.1, -0.05) is 48.5 Å². The zero-order chi connectivity index (χ0) is 23.5. The third kappa shape index (κ3) is 4.80. The smallest absolute Gasteiger partial charge is 0.407 e. The van der Waals surface area contributed by atoms with Crippen molar-refractivity contribution in [1.82, 2.24) is 14.8 Å². The van der Waals surface area contributed by atoms with Gasteiger partial charge in [0.2, 0.25) is 5.91 Å². The molecule has 2 aliphatic rings. The van der Waals surface area contributed by atoms with Gasteiger partial charge in [-0.05, 0) is 42.4 Å². The summed E-state index contributed by atoms with van der Waals surface area (Å²) in [4.78, 5) is 31.5. The molecule has 2 unspecified atom stereocenters. The number of aromatic nitrogens is 1. The molecule has 2 N–H and O–H groups in total. The topological polar surface area (TPSA) is 85.9 Å². The van der Waals surface area contributed by atoms with E-state index in [2.05, 4.69) is 29.4 Å². The quantitative estimate of drug-likeness (QED) is 0.562. The zero-order valence-corrected chi connectivity index (χ0v) is 19.2. The highest BCUT2D eigenvalue weighted by Crippen LogP contribution is 2.33. The minimum absolute atomic E-state index is 0.0392. The molecule has 0 radical (unpaired) electrons. The molecule has 3 aromatic rings. The fourth-order valence-electron chi connectivity index (χ4n) is 5.41. The van der Waals surface area contributed by atoms with Crippen LogP contribution in [0.25, 0.3) is 10.9 Å². The van der Waals surface area contributed by atoms with Gasteiger partial charge in [0.1, 0.15) is 0 Å². The number of aromatic amines is 1. The number of benzene rings is 2. The van der Waals surface area contributed by atoms with E-state index in [-0.39, 0.29) is 24.5 Å². The van der Waals surface area contributed by atoms with Gasteiger partial charge < -0.3 is 24.6 Å². The predicted molar refractivity (Wildman–Crippen MR) is 130 cm³/mol. The Morgan fingerprint density at radius 1 is 1.03 bits per heavy atom. The largest absolute Gasteiger partial charge is 0.465 e. The normalized spacial score (nSPS) is 21.3. The number of H-pyrrole nitrogens is 1. The number of rotatable bonds is 6. The van der Waals surface area contributed by atoms with E-state index in [0.717, 1.165) is 23.9 Å². The molecule has 7 nitrogen and oxygen atoms in total. The van der Waals surface area contributed by atoms with Crippen LogP contribution in [0.2, 0.25) is 0 Å². The summed E-state index contributed by atoms with van der Waals surface area (Å²) in [7, 11) is 0. The molecule has 2 aromatic carbocycles. The summed E-state index contributed by atoms with van der Waals surface area (Å²) >= 11 is 0. The van der Waals surface area contributed by atoms with E-state index in [4.69, 9.17) is 4.74 Å². The first-order valence-electron chi connectivity index (χ1n) is 12.1. The predicted octanol–water partition coefficient (Wildman–Crippen LogP) is 4.60. The van der Waals surface area contributed by atoms with E-state index >= 15 is 0 Å². The average molecular weight is 462 g/mol. The van der Waals surface area contributed by atoms with Gasteiger partial charge in [0, 0.05) is 42.7 Å². The van der Waals surface area contributed by atoms with E-state index < -0.39 is 6.09 Å². The number of likely N-dealkylation sites (tertiary alicyclic amines) is 2. The molecule has 2 fully saturated rings. The average Bonchev–Trinajstić information content (AvgIpc) is 3.48. The number of hydrogen-bond donors (Lipinski definition) is 2. The van der Waals surface area contributed by atoms with Gasteiger partial charge in [-0.2, -0.15) is 0 Å². The second kappa shape index (κ2) is 9.89. The fourth-order valence-corrected chi connectivity index (χ4v) is 5.41. The van der Waals surface area contributed by atoms with Crippen molar-refractivity contribution in [2.24, 2.45) is 0 Å². The summed E-state index contributed by atoms with van der Waals surface area (Å²) in [6.07, 6.45) is 3.54. The van der Waals surface area contributed by atoms with Crippen molar-refractivity contribution < 1.29 is 19.4 Å². The standard InChI is InChI=1S/C27H31N3O4/c31-26(29-12-10-20(11-13-29)24-16-28-25-9-5-4-8-23(24)25)15-21-14-22(17-30(21)27(32)33)34-18-19-6-2-1-3-7-19/h1-9,16,20-22,28H,10-15,17-18H2,(H,32,33). The Bertz CT molecular complexity index is 1140. The van der Waals surface area contributed by atoms with Gasteiger partial charge in [-0.3, -0.25) is 4.79 Å². The van der Waals surface area contributed by atoms with Crippen LogP contribution in [0, 0.1) is 0 Å². The number of ether oxygens (including phenoxy) is 1. The van der Waals surface area contributed by atoms with Gasteiger partial charge >= 0.3 is 6.09 Å². The van der Waals surface area contributed by atoms with Gasteiger partial charge in [0.05, 0.1) is 19.3 Å². The summed E-state index contributed by atoms with van der Waals surface area (Å²) in [6.45, 7) is 2.16. The van der Waals surface area contributed by atoms with Gasteiger partial charge in [0.25, 0.3) is 0 Å². The fraction of sp³-hybridized carbons (Fsp3) is 0.407. The Morgan fingerprint density at radius 2 is 1.76 bits per heavy atom. The molecule has 0 bridgehead atoms. The second-order valence-electron chi connectivity index (χ2n) is 9.39. The maximum absolute atomic E-state index is 13.1. The number of amides is 2. The number of para-hydroxylation sites is 1. The Morgan fingerprint density at radius 3 is 2.53 bits per heavy atom. The van der Waals surface area contributed by atoms with Gasteiger partial charge in [-0.15, -0.1) is 0 Å². The first-order chi connectivity index (χ1) is 16.6. The molecular weight excluding hydrogens is 430 g/mol. The number of carbonyl (C=O) groups is 2. The molecule has 2 saturated heterocycles. The zero-order valence-electron chi connectivity index (χ0n) is 19.2. The summed E-state index contributed by atoms with van der Waals surface area (Å²) in [5.74, 6) is 0.468. The molecule has 178 valence electrons. The van der Waals surface area contributed by atoms with E-state index in [0.29, 0.717) is 38.6 Å². The second-order valence-corrected chi connectivity index (χ2v) is 9.39. The molecule has 0 spiro atoms. The van der Waals surface area contributed by atoms with Crippen LogP contribution in [0.5, 0.6) is 0 Å². The van der Waals surface area contributed by atoms with Crippen molar-refractivity contribution in [3.63, 3.8) is 0 Å². The lowest BCUT2D eigenvalue weighted by molar-refractivity contribution is -0.133. The Kier molecular flexibility index (Phi) is 6.54. The SMILES string of the molecule is O=C(CC1CC(OCc2ccccc2)CN1C(=O)O)N1CCC(c2c[nH]c3ccccc23)CC1. The van der Waals surface area contributed by atoms with Crippen LogP contribution in [0.3, 0.4) is 0 Å². The molecule has 5 rings (SSSR count). The van der Waals surface area contributed by atoms with Crippen molar-refractivity contribution in [3.8, 4) is 0 Å². The lowest BCUT2D eigenvalue weighted by Gasteiger charge is -2.33. The summed E-state index contributed by atoms with van der Waals surface area (Å²) in [5.41, 5.74) is 3.53. The van der Waals surface area contributed by atoms with Crippen LogP contribution in [0.15, 0.2) is 60.8 Å². The van der Waals surface area contributed by atoms with E-state index in [1.807, 2.05) is 41.3 Å². The molecule has 34 heavy (non-hydrogen) atoms. The van der Waals surface area contributed by atoms with Crippen molar-refractivity contribution in [3.05, 3.63) is 71.9 Å². The third-order valence-corrected chi connectivity index (χ3v) is 7.27. The highest BCUT2D eigenvalue weighted by atomic mass is 16.5. The Labute approximate surface area is 199 Å². The monoisotopic (exact) mass is 461 g/mol. The molecule has 1 aromatic heterocycles. The molecule has 7 heteroatoms. The van der Waals surface area contributed by atoms with Crippen molar-refractivity contribution in [2.45, 2.75) is 50.4 Å². The molecule has 3 heterocycles. The number of carbonyl (C=O) groups excluding carboxylic acids is 1. The van der Waals surface area contributed by atoms with E-state index in [1.54, 1.807) is 0 Å². The Balaban J connectivity index is 1.15. The van der Waals surface area contributed by atoms with Gasteiger partial charge in [0.15, 0.2) is 0 Å². The molecule has 2 atom stereocenters. The minimum Gasteiger partial charge on any atom is -0.465 e. The summed E-state index contributed by atoms with van der Waals surface area (Å²) in [6, 6.07) is 17.8. The number of fused-ring (bicyclic) bond motifs is 1.